The highest BCUT2D eigenvalue weighted by atomic mass is 19.4. The number of methoxy groups -OCH3 is 1. The van der Waals surface area contributed by atoms with Gasteiger partial charge in [-0.05, 0) is 61.4 Å². The molecule has 2 fully saturated rings. The molecule has 2 aliphatic heterocycles. The minimum atomic E-state index is -4.42. The van der Waals surface area contributed by atoms with Crippen molar-refractivity contribution in [2.24, 2.45) is 5.92 Å². The predicted molar refractivity (Wildman–Crippen MR) is 127 cm³/mol. The number of halogens is 3. The summed E-state index contributed by atoms with van der Waals surface area (Å²) in [5.41, 5.74) is 0.353. The van der Waals surface area contributed by atoms with E-state index in [2.05, 4.69) is 10.2 Å². The van der Waals surface area contributed by atoms with Crippen molar-refractivity contribution < 1.29 is 31.9 Å². The van der Waals surface area contributed by atoms with E-state index in [1.165, 1.54) is 12.1 Å². The minimum absolute atomic E-state index is 0.0865. The Hall–Kier alpha value is -3.89. The molecule has 0 spiro atoms. The van der Waals surface area contributed by atoms with Gasteiger partial charge < -0.3 is 19.0 Å². The molecule has 0 radical (unpaired) electrons. The first kappa shape index (κ1) is 24.8. The van der Waals surface area contributed by atoms with Crippen LogP contribution in [-0.4, -0.2) is 53.7 Å². The van der Waals surface area contributed by atoms with Gasteiger partial charge in [0, 0.05) is 37.3 Å². The lowest BCUT2D eigenvalue weighted by atomic mass is 9.96. The summed E-state index contributed by atoms with van der Waals surface area (Å²) in [5, 5.41) is 8.11. The molecular weight excluding hydrogens is 489 g/mol. The molecule has 0 N–H and O–H groups in total. The summed E-state index contributed by atoms with van der Waals surface area (Å²) in [6.07, 6.45) is -2.81. The highest BCUT2D eigenvalue weighted by molar-refractivity contribution is 6.00. The molecule has 2 aliphatic rings. The smallest absolute Gasteiger partial charge is 0.416 e. The Morgan fingerprint density at radius 3 is 2.46 bits per heavy atom. The van der Waals surface area contributed by atoms with Gasteiger partial charge in [-0.3, -0.25) is 9.59 Å². The lowest BCUT2D eigenvalue weighted by Crippen LogP contribution is -2.43. The zero-order valence-corrected chi connectivity index (χ0v) is 20.1. The quantitative estimate of drug-likeness (QED) is 0.498. The molecule has 2 amide bonds. The Morgan fingerprint density at radius 2 is 1.78 bits per heavy atom. The Labute approximate surface area is 211 Å². The number of anilines is 1. The fourth-order valence-electron chi connectivity index (χ4n) is 4.84. The van der Waals surface area contributed by atoms with Gasteiger partial charge in [0.05, 0.1) is 24.5 Å². The first-order valence-electron chi connectivity index (χ1n) is 12.0. The molecule has 3 aromatic rings. The third-order valence-electron chi connectivity index (χ3n) is 6.84. The number of amides is 2. The van der Waals surface area contributed by atoms with Gasteiger partial charge in [-0.1, -0.05) is 0 Å². The molecular formula is C26H25F3N4O4. The monoisotopic (exact) mass is 514 g/mol. The van der Waals surface area contributed by atoms with Crippen molar-refractivity contribution >= 4 is 17.5 Å². The van der Waals surface area contributed by atoms with E-state index in [9.17, 15) is 22.8 Å². The Balaban J connectivity index is 1.23. The SMILES string of the molecule is COc1ccc(N2CC(C(=O)N3CCCC(c4nnc(-c5ccc(C(F)(F)F)cc5)o4)C3)CC2=O)cc1. The van der Waals surface area contributed by atoms with Crippen LogP contribution in [0, 0.1) is 5.92 Å². The molecule has 2 aromatic carbocycles. The van der Waals surface area contributed by atoms with E-state index >= 15 is 0 Å². The molecule has 2 saturated heterocycles. The van der Waals surface area contributed by atoms with E-state index in [1.54, 1.807) is 41.2 Å². The second kappa shape index (κ2) is 9.87. The summed E-state index contributed by atoms with van der Waals surface area (Å²) in [5.74, 6) is 0.331. The van der Waals surface area contributed by atoms with Gasteiger partial charge in [-0.15, -0.1) is 10.2 Å². The number of aromatic nitrogens is 2. The molecule has 2 atom stereocenters. The van der Waals surface area contributed by atoms with Crippen LogP contribution in [-0.2, 0) is 15.8 Å². The van der Waals surface area contributed by atoms with Crippen molar-refractivity contribution in [1.82, 2.24) is 15.1 Å². The molecule has 0 bridgehead atoms. The summed E-state index contributed by atoms with van der Waals surface area (Å²) in [6, 6.07) is 11.7. The highest BCUT2D eigenvalue weighted by Gasteiger charge is 2.39. The van der Waals surface area contributed by atoms with Gasteiger partial charge in [0.25, 0.3) is 0 Å². The lowest BCUT2D eigenvalue weighted by molar-refractivity contribution is -0.138. The summed E-state index contributed by atoms with van der Waals surface area (Å²) in [4.78, 5) is 29.3. The van der Waals surface area contributed by atoms with Crippen LogP contribution in [0.5, 0.6) is 5.75 Å². The second-order valence-corrected chi connectivity index (χ2v) is 9.25. The topological polar surface area (TPSA) is 88.8 Å². The maximum atomic E-state index is 13.3. The fraction of sp³-hybridized carbons (Fsp3) is 0.385. The number of benzene rings is 2. The molecule has 1 aromatic heterocycles. The number of ether oxygens (including phenoxy) is 1. The largest absolute Gasteiger partial charge is 0.497 e. The van der Waals surface area contributed by atoms with E-state index in [4.69, 9.17) is 9.15 Å². The van der Waals surface area contributed by atoms with Crippen molar-refractivity contribution in [3.05, 3.63) is 60.0 Å². The number of hydrogen-bond acceptors (Lipinski definition) is 6. The lowest BCUT2D eigenvalue weighted by Gasteiger charge is -2.32. The van der Waals surface area contributed by atoms with Gasteiger partial charge in [-0.2, -0.15) is 13.2 Å². The molecule has 3 heterocycles. The van der Waals surface area contributed by atoms with Gasteiger partial charge in [-0.25, -0.2) is 0 Å². The van der Waals surface area contributed by atoms with Crippen LogP contribution in [0.25, 0.3) is 11.5 Å². The van der Waals surface area contributed by atoms with Crippen molar-refractivity contribution in [3.63, 3.8) is 0 Å². The minimum Gasteiger partial charge on any atom is -0.497 e. The summed E-state index contributed by atoms with van der Waals surface area (Å²) in [7, 11) is 1.57. The number of carbonyl (C=O) groups excluding carboxylic acids is 2. The van der Waals surface area contributed by atoms with E-state index in [0.717, 1.165) is 30.7 Å². The summed E-state index contributed by atoms with van der Waals surface area (Å²) < 4.78 is 49.4. The fourth-order valence-corrected chi connectivity index (χ4v) is 4.84. The van der Waals surface area contributed by atoms with E-state index in [0.29, 0.717) is 36.8 Å². The zero-order chi connectivity index (χ0) is 26.2. The molecule has 0 saturated carbocycles. The van der Waals surface area contributed by atoms with Crippen LogP contribution in [0.2, 0.25) is 0 Å². The number of carbonyl (C=O) groups is 2. The van der Waals surface area contributed by atoms with Crippen LogP contribution in [0.4, 0.5) is 18.9 Å². The number of rotatable bonds is 5. The van der Waals surface area contributed by atoms with Crippen molar-refractivity contribution in [2.45, 2.75) is 31.4 Å². The van der Waals surface area contributed by atoms with Crippen LogP contribution in [0.15, 0.2) is 52.9 Å². The first-order valence-corrected chi connectivity index (χ1v) is 12.0. The predicted octanol–water partition coefficient (Wildman–Crippen LogP) is 4.52. The maximum absolute atomic E-state index is 13.3. The Kier molecular flexibility index (Phi) is 6.61. The van der Waals surface area contributed by atoms with Crippen molar-refractivity contribution in [1.29, 1.82) is 0 Å². The van der Waals surface area contributed by atoms with Gasteiger partial charge >= 0.3 is 6.18 Å². The van der Waals surface area contributed by atoms with Crippen molar-refractivity contribution in [2.75, 3.05) is 31.6 Å². The second-order valence-electron chi connectivity index (χ2n) is 9.25. The number of nitrogens with zero attached hydrogens (tertiary/aromatic N) is 4. The Bertz CT molecular complexity index is 1270. The van der Waals surface area contributed by atoms with Gasteiger partial charge in [0.15, 0.2) is 0 Å². The molecule has 11 heteroatoms. The first-order chi connectivity index (χ1) is 17.7. The Morgan fingerprint density at radius 1 is 1.05 bits per heavy atom. The standard InChI is InChI=1S/C26H25F3N4O4/c1-36-21-10-8-20(9-11-21)33-15-18(13-22(33)34)25(35)32-12-2-3-17(14-32)24-31-30-23(37-24)16-4-6-19(7-5-16)26(27,28)29/h4-11,17-18H,2-3,12-15H2,1H3. The van der Waals surface area contributed by atoms with Crippen LogP contribution >= 0.6 is 0 Å². The molecule has 2 unspecified atom stereocenters. The molecule has 194 valence electrons. The number of likely N-dealkylation sites (tertiary alicyclic amines) is 1. The van der Waals surface area contributed by atoms with E-state index < -0.39 is 17.7 Å². The van der Waals surface area contributed by atoms with Gasteiger partial charge in [0.1, 0.15) is 5.75 Å². The molecule has 5 rings (SSSR count). The molecule has 8 nitrogen and oxygen atoms in total. The average molecular weight is 515 g/mol. The maximum Gasteiger partial charge on any atom is 0.416 e. The van der Waals surface area contributed by atoms with Gasteiger partial charge in [0.2, 0.25) is 23.6 Å². The zero-order valence-electron chi connectivity index (χ0n) is 20.1. The third-order valence-corrected chi connectivity index (χ3v) is 6.84. The van der Waals surface area contributed by atoms with E-state index in [-0.39, 0.29) is 30.0 Å². The summed E-state index contributed by atoms with van der Waals surface area (Å²) >= 11 is 0. The molecule has 0 aliphatic carbocycles. The van der Waals surface area contributed by atoms with Crippen molar-refractivity contribution in [3.8, 4) is 17.2 Å². The third kappa shape index (κ3) is 5.16. The highest BCUT2D eigenvalue weighted by Crippen LogP contribution is 2.33. The van der Waals surface area contributed by atoms with E-state index in [1.807, 2.05) is 0 Å². The summed E-state index contributed by atoms with van der Waals surface area (Å²) in [6.45, 7) is 1.26. The number of hydrogen-bond donors (Lipinski definition) is 0. The van der Waals surface area contributed by atoms with Crippen LogP contribution in [0.3, 0.4) is 0 Å². The van der Waals surface area contributed by atoms with Crippen LogP contribution in [0.1, 0.15) is 36.6 Å². The molecule has 37 heavy (non-hydrogen) atoms. The number of alkyl halides is 3. The number of piperidine rings is 1. The average Bonchev–Trinajstić information content (AvgIpc) is 3.55. The van der Waals surface area contributed by atoms with Crippen LogP contribution < -0.4 is 9.64 Å². The normalized spacial score (nSPS) is 20.4.